The summed E-state index contributed by atoms with van der Waals surface area (Å²) in [5.41, 5.74) is 5.54. The van der Waals surface area contributed by atoms with E-state index in [9.17, 15) is 9.18 Å². The van der Waals surface area contributed by atoms with Crippen molar-refractivity contribution in [3.05, 3.63) is 81.1 Å². The first-order chi connectivity index (χ1) is 15.0. The number of carbonyl (C=O) groups is 1. The molecule has 5 rings (SSSR count). The summed E-state index contributed by atoms with van der Waals surface area (Å²) in [6.45, 7) is 5.52. The number of nitrogens with one attached hydrogen (secondary N) is 1. The topological polar surface area (TPSA) is 58.1 Å². The van der Waals surface area contributed by atoms with Gasteiger partial charge in [0.05, 0.1) is 22.5 Å². The second kappa shape index (κ2) is 7.74. The molecule has 0 fully saturated rings. The van der Waals surface area contributed by atoms with Crippen molar-refractivity contribution in [2.24, 2.45) is 0 Å². The lowest BCUT2D eigenvalue weighted by atomic mass is 10.1. The molecule has 5 nitrogen and oxygen atoms in total. The number of amides is 1. The minimum atomic E-state index is -0.511. The summed E-state index contributed by atoms with van der Waals surface area (Å²) in [5, 5.41) is 5.01. The molecule has 1 aliphatic heterocycles. The van der Waals surface area contributed by atoms with Crippen LogP contribution < -0.4 is 10.2 Å². The molecule has 31 heavy (non-hydrogen) atoms. The third-order valence-electron chi connectivity index (χ3n) is 5.69. The first-order valence-corrected chi connectivity index (χ1v) is 11.0. The molecule has 0 radical (unpaired) electrons. The molecule has 2 aromatic heterocycles. The van der Waals surface area contributed by atoms with Crippen LogP contribution in [-0.4, -0.2) is 22.4 Å². The van der Waals surface area contributed by atoms with Gasteiger partial charge in [-0.3, -0.25) is 4.79 Å². The lowest BCUT2D eigenvalue weighted by Crippen LogP contribution is -2.29. The fourth-order valence-corrected chi connectivity index (χ4v) is 4.78. The lowest BCUT2D eigenvalue weighted by molar-refractivity contribution is 0.102. The van der Waals surface area contributed by atoms with Crippen molar-refractivity contribution < 1.29 is 9.18 Å². The zero-order valence-corrected chi connectivity index (χ0v) is 18.1. The molecule has 4 aromatic rings. The van der Waals surface area contributed by atoms with Crippen LogP contribution in [0.25, 0.3) is 11.0 Å². The smallest absolute Gasteiger partial charge is 0.258 e. The Hall–Kier alpha value is -3.32. The van der Waals surface area contributed by atoms with E-state index in [1.54, 1.807) is 0 Å². The maximum absolute atomic E-state index is 14.1. The van der Waals surface area contributed by atoms with E-state index < -0.39 is 11.7 Å². The Morgan fingerprint density at radius 3 is 2.68 bits per heavy atom. The maximum atomic E-state index is 14.1. The Morgan fingerprint density at radius 2 is 1.87 bits per heavy atom. The largest absolute Gasteiger partial charge is 0.367 e. The average Bonchev–Trinajstić information content (AvgIpc) is 3.23. The molecule has 1 N–H and O–H groups in total. The van der Waals surface area contributed by atoms with E-state index in [4.69, 9.17) is 0 Å². The Morgan fingerprint density at radius 1 is 1.10 bits per heavy atom. The molecule has 3 heterocycles. The molecule has 0 unspecified atom stereocenters. The van der Waals surface area contributed by atoms with Crippen LogP contribution >= 0.6 is 11.3 Å². The summed E-state index contributed by atoms with van der Waals surface area (Å²) in [7, 11) is 0. The molecular weight excluding hydrogens is 411 g/mol. The van der Waals surface area contributed by atoms with Crippen LogP contribution in [0.5, 0.6) is 0 Å². The number of nitrogens with zero attached hydrogens (tertiary/aromatic N) is 3. The van der Waals surface area contributed by atoms with Crippen molar-refractivity contribution in [2.75, 3.05) is 16.8 Å². The van der Waals surface area contributed by atoms with Gasteiger partial charge in [0, 0.05) is 35.4 Å². The maximum Gasteiger partial charge on any atom is 0.258 e. The van der Waals surface area contributed by atoms with E-state index in [-0.39, 0.29) is 5.56 Å². The monoisotopic (exact) mass is 432 g/mol. The molecule has 1 aliphatic rings. The molecule has 0 atom stereocenters. The van der Waals surface area contributed by atoms with Gasteiger partial charge in [-0.15, -0.1) is 11.3 Å². The van der Waals surface area contributed by atoms with E-state index in [2.05, 4.69) is 31.6 Å². The molecule has 0 aliphatic carbocycles. The molecule has 2 aromatic carbocycles. The number of rotatable bonds is 3. The van der Waals surface area contributed by atoms with Gasteiger partial charge in [-0.05, 0) is 67.6 Å². The number of hydrogen-bond donors (Lipinski definition) is 1. The van der Waals surface area contributed by atoms with Crippen LogP contribution in [0.2, 0.25) is 0 Å². The van der Waals surface area contributed by atoms with Gasteiger partial charge in [-0.25, -0.2) is 14.4 Å². The molecule has 0 bridgehead atoms. The van der Waals surface area contributed by atoms with E-state index in [1.165, 1.54) is 22.6 Å². The highest BCUT2D eigenvalue weighted by molar-refractivity contribution is 7.10. The Labute approximate surface area is 183 Å². The fraction of sp³-hybridized carbons (Fsp3) is 0.208. The van der Waals surface area contributed by atoms with Gasteiger partial charge in [-0.1, -0.05) is 0 Å². The number of benzene rings is 2. The summed E-state index contributed by atoms with van der Waals surface area (Å²) in [4.78, 5) is 25.6. The first-order valence-electron chi connectivity index (χ1n) is 10.1. The summed E-state index contributed by atoms with van der Waals surface area (Å²) < 4.78 is 14.1. The predicted octanol–water partition coefficient (Wildman–Crippen LogP) is 5.26. The van der Waals surface area contributed by atoms with Crippen molar-refractivity contribution in [3.8, 4) is 0 Å². The van der Waals surface area contributed by atoms with E-state index in [0.717, 1.165) is 25.2 Å². The zero-order chi connectivity index (χ0) is 21.5. The second-order valence-corrected chi connectivity index (χ2v) is 8.76. The summed E-state index contributed by atoms with van der Waals surface area (Å²) in [5.74, 6) is -0.917. The molecule has 0 saturated carbocycles. The predicted molar refractivity (Wildman–Crippen MR) is 122 cm³/mol. The van der Waals surface area contributed by atoms with Crippen LogP contribution in [0.15, 0.2) is 47.8 Å². The number of aromatic nitrogens is 2. The van der Waals surface area contributed by atoms with Crippen molar-refractivity contribution in [3.63, 3.8) is 0 Å². The Bertz CT molecular complexity index is 1300. The van der Waals surface area contributed by atoms with Crippen molar-refractivity contribution >= 4 is 39.7 Å². The van der Waals surface area contributed by atoms with Crippen LogP contribution in [0.4, 0.5) is 15.8 Å². The van der Waals surface area contributed by atoms with E-state index in [0.29, 0.717) is 28.1 Å². The highest BCUT2D eigenvalue weighted by Crippen LogP contribution is 2.29. The number of aryl methyl sites for hydroxylation is 2. The first kappa shape index (κ1) is 19.6. The van der Waals surface area contributed by atoms with Gasteiger partial charge < -0.3 is 10.2 Å². The number of thiophene rings is 1. The number of hydrogen-bond acceptors (Lipinski definition) is 5. The highest BCUT2D eigenvalue weighted by Gasteiger charge is 2.18. The van der Waals surface area contributed by atoms with Crippen molar-refractivity contribution in [2.45, 2.75) is 26.8 Å². The minimum Gasteiger partial charge on any atom is -0.367 e. The van der Waals surface area contributed by atoms with Crippen LogP contribution in [0.1, 0.15) is 32.2 Å². The van der Waals surface area contributed by atoms with Crippen molar-refractivity contribution in [1.29, 1.82) is 0 Å². The number of fused-ring (bicyclic) bond motifs is 2. The highest BCUT2D eigenvalue weighted by atomic mass is 32.1. The molecule has 0 spiro atoms. The third kappa shape index (κ3) is 3.77. The standard InChI is InChI=1S/C24H21FN4OS/c1-14-15(2)27-23-20(11-17(25)12-21(23)26-14)24(30)28-18-3-5-19(6-4-18)29-9-7-22-16(13-29)8-10-31-22/h3-6,8,10-12H,7,9,13H2,1-2H3,(H,28,30). The number of carbonyl (C=O) groups excluding carboxylic acids is 1. The number of halogens is 1. The summed E-state index contributed by atoms with van der Waals surface area (Å²) in [6.07, 6.45) is 1.05. The van der Waals surface area contributed by atoms with Crippen LogP contribution in [-0.2, 0) is 13.0 Å². The fourth-order valence-electron chi connectivity index (χ4n) is 3.89. The van der Waals surface area contributed by atoms with Gasteiger partial charge in [0.15, 0.2) is 0 Å². The van der Waals surface area contributed by atoms with Crippen molar-refractivity contribution in [1.82, 2.24) is 9.97 Å². The summed E-state index contributed by atoms with van der Waals surface area (Å²) in [6, 6.07) is 12.5. The molecule has 0 saturated heterocycles. The average molecular weight is 433 g/mol. The zero-order valence-electron chi connectivity index (χ0n) is 17.3. The van der Waals surface area contributed by atoms with Gasteiger partial charge in [0.1, 0.15) is 11.3 Å². The van der Waals surface area contributed by atoms with Crippen LogP contribution in [0, 0.1) is 19.7 Å². The quantitative estimate of drug-likeness (QED) is 0.480. The van der Waals surface area contributed by atoms with E-state index >= 15 is 0 Å². The van der Waals surface area contributed by atoms with Gasteiger partial charge in [0.25, 0.3) is 5.91 Å². The van der Waals surface area contributed by atoms with Gasteiger partial charge >= 0.3 is 0 Å². The molecular formula is C24H21FN4OS. The second-order valence-electron chi connectivity index (χ2n) is 7.76. The Balaban J connectivity index is 1.37. The van der Waals surface area contributed by atoms with Gasteiger partial charge in [0.2, 0.25) is 0 Å². The molecule has 1 amide bonds. The van der Waals surface area contributed by atoms with Gasteiger partial charge in [-0.2, -0.15) is 0 Å². The molecule has 7 heteroatoms. The van der Waals surface area contributed by atoms with Crippen LogP contribution in [0.3, 0.4) is 0 Å². The Kier molecular flexibility index (Phi) is 4.90. The SMILES string of the molecule is Cc1nc2cc(F)cc(C(=O)Nc3ccc(N4CCc5sccc5C4)cc3)c2nc1C. The number of anilines is 2. The third-order valence-corrected chi connectivity index (χ3v) is 6.71. The summed E-state index contributed by atoms with van der Waals surface area (Å²) >= 11 is 1.82. The normalized spacial score (nSPS) is 13.3. The molecule has 156 valence electrons. The van der Waals surface area contributed by atoms with E-state index in [1.807, 2.05) is 49.4 Å². The lowest BCUT2D eigenvalue weighted by Gasteiger charge is -2.29. The minimum absolute atomic E-state index is 0.177.